The molecule has 0 radical (unpaired) electrons. The minimum Gasteiger partial charge on any atom is -0.454 e. The van der Waals surface area contributed by atoms with Crippen LogP contribution < -0.4 is 15.2 Å². The number of ether oxygens (including phenoxy) is 2. The first-order valence-corrected chi connectivity index (χ1v) is 6.02. The molecule has 1 aromatic carbocycles. The number of fused-ring (bicyclic) bond motifs is 1. The van der Waals surface area contributed by atoms with Crippen LogP contribution in [0.2, 0.25) is 0 Å². The molecule has 2 rings (SSSR count). The van der Waals surface area contributed by atoms with Crippen molar-refractivity contribution in [1.29, 1.82) is 15.8 Å². The first-order chi connectivity index (χ1) is 11.0. The van der Waals surface area contributed by atoms with E-state index in [0.717, 1.165) is 6.08 Å². The van der Waals surface area contributed by atoms with Gasteiger partial charge in [-0.2, -0.15) is 15.8 Å². The van der Waals surface area contributed by atoms with Crippen molar-refractivity contribution in [3.63, 3.8) is 0 Å². The highest BCUT2D eigenvalue weighted by molar-refractivity contribution is 5.73. The summed E-state index contributed by atoms with van der Waals surface area (Å²) < 4.78 is 10.2. The molecule has 0 saturated carbocycles. The van der Waals surface area contributed by atoms with Crippen LogP contribution in [0.1, 0.15) is 5.56 Å². The standard InChI is InChI=1S/C14H7N5O4/c15-4-9(14(18)10(5-16)6-17)1-8-2-12-13(23-7-22-12)3-11(8)19(20)21/h1-3H,7,18H2. The normalized spacial score (nSPS) is 11.8. The summed E-state index contributed by atoms with van der Waals surface area (Å²) in [5.41, 5.74) is 4.25. The fourth-order valence-electron chi connectivity index (χ4n) is 1.83. The molecule has 112 valence electrons. The van der Waals surface area contributed by atoms with Crippen molar-refractivity contribution in [2.75, 3.05) is 6.79 Å². The van der Waals surface area contributed by atoms with Crippen molar-refractivity contribution < 1.29 is 14.4 Å². The van der Waals surface area contributed by atoms with Gasteiger partial charge in [-0.05, 0) is 12.1 Å². The van der Waals surface area contributed by atoms with Gasteiger partial charge in [-0.25, -0.2) is 0 Å². The van der Waals surface area contributed by atoms with E-state index in [1.807, 2.05) is 0 Å². The number of nitro groups is 1. The van der Waals surface area contributed by atoms with Crippen molar-refractivity contribution in [1.82, 2.24) is 0 Å². The molecule has 0 aliphatic carbocycles. The van der Waals surface area contributed by atoms with Crippen molar-refractivity contribution >= 4 is 11.8 Å². The zero-order chi connectivity index (χ0) is 17.0. The Hall–Kier alpha value is -4.03. The summed E-state index contributed by atoms with van der Waals surface area (Å²) in [6, 6.07) is 7.31. The van der Waals surface area contributed by atoms with Gasteiger partial charge >= 0.3 is 0 Å². The molecule has 0 aromatic heterocycles. The smallest absolute Gasteiger partial charge is 0.280 e. The molecule has 0 unspecified atom stereocenters. The summed E-state index contributed by atoms with van der Waals surface area (Å²) in [6.45, 7) is -0.0696. The third-order valence-electron chi connectivity index (χ3n) is 2.92. The van der Waals surface area contributed by atoms with Crippen molar-refractivity contribution in [3.05, 3.63) is 44.7 Å². The van der Waals surface area contributed by atoms with Crippen molar-refractivity contribution in [2.24, 2.45) is 5.73 Å². The number of nitrogens with zero attached hydrogens (tertiary/aromatic N) is 4. The fourth-order valence-corrected chi connectivity index (χ4v) is 1.83. The minimum atomic E-state index is -0.655. The van der Waals surface area contributed by atoms with E-state index < -0.39 is 10.5 Å². The molecule has 0 atom stereocenters. The van der Waals surface area contributed by atoms with Crippen LogP contribution in [-0.4, -0.2) is 11.7 Å². The lowest BCUT2D eigenvalue weighted by molar-refractivity contribution is -0.385. The van der Waals surface area contributed by atoms with Crippen molar-refractivity contribution in [3.8, 4) is 29.7 Å². The van der Waals surface area contributed by atoms with Crippen LogP contribution in [0.15, 0.2) is 29.0 Å². The molecule has 0 bridgehead atoms. The Morgan fingerprint density at radius 2 is 1.83 bits per heavy atom. The largest absolute Gasteiger partial charge is 0.454 e. The van der Waals surface area contributed by atoms with Crippen molar-refractivity contribution in [2.45, 2.75) is 0 Å². The van der Waals surface area contributed by atoms with Gasteiger partial charge in [-0.3, -0.25) is 10.1 Å². The highest BCUT2D eigenvalue weighted by atomic mass is 16.7. The second-order valence-corrected chi connectivity index (χ2v) is 4.20. The Labute approximate surface area is 129 Å². The van der Waals surface area contributed by atoms with Gasteiger partial charge in [-0.15, -0.1) is 0 Å². The van der Waals surface area contributed by atoms with E-state index in [9.17, 15) is 10.1 Å². The van der Waals surface area contributed by atoms with Gasteiger partial charge in [0.05, 0.1) is 27.8 Å². The summed E-state index contributed by atoms with van der Waals surface area (Å²) in [5.74, 6) is 0.494. The molecule has 1 aliphatic rings. The van der Waals surface area contributed by atoms with E-state index >= 15 is 0 Å². The zero-order valence-corrected chi connectivity index (χ0v) is 11.4. The third kappa shape index (κ3) is 2.87. The molecular weight excluding hydrogens is 302 g/mol. The highest BCUT2D eigenvalue weighted by Gasteiger charge is 2.23. The Bertz CT molecular complexity index is 864. The maximum atomic E-state index is 11.2. The lowest BCUT2D eigenvalue weighted by atomic mass is 10.0. The van der Waals surface area contributed by atoms with Gasteiger partial charge in [0.25, 0.3) is 5.69 Å². The summed E-state index contributed by atoms with van der Waals surface area (Å²) >= 11 is 0. The molecule has 9 heteroatoms. The van der Waals surface area contributed by atoms with Gasteiger partial charge in [-0.1, -0.05) is 0 Å². The van der Waals surface area contributed by atoms with Gasteiger partial charge < -0.3 is 15.2 Å². The van der Waals surface area contributed by atoms with Crippen LogP contribution in [0.3, 0.4) is 0 Å². The number of benzene rings is 1. The molecule has 1 aliphatic heterocycles. The maximum Gasteiger partial charge on any atom is 0.280 e. The quantitative estimate of drug-likeness (QED) is 0.380. The molecule has 1 aromatic rings. The van der Waals surface area contributed by atoms with Crippen LogP contribution in [0.25, 0.3) is 6.08 Å². The first-order valence-electron chi connectivity index (χ1n) is 6.02. The second kappa shape index (κ2) is 6.17. The van der Waals surface area contributed by atoms with Gasteiger partial charge in [0, 0.05) is 0 Å². The van der Waals surface area contributed by atoms with E-state index in [-0.39, 0.29) is 40.8 Å². The second-order valence-electron chi connectivity index (χ2n) is 4.20. The Morgan fingerprint density at radius 1 is 1.22 bits per heavy atom. The number of allylic oxidation sites excluding steroid dienone is 2. The molecular formula is C14H7N5O4. The number of nitriles is 3. The van der Waals surface area contributed by atoms with Crippen LogP contribution >= 0.6 is 0 Å². The molecule has 9 nitrogen and oxygen atoms in total. The molecule has 1 heterocycles. The molecule has 23 heavy (non-hydrogen) atoms. The fraction of sp³-hybridized carbons (Fsp3) is 0.0714. The van der Waals surface area contributed by atoms with E-state index in [0.29, 0.717) is 0 Å². The maximum absolute atomic E-state index is 11.2. The number of nitro benzene ring substituents is 1. The number of hydrogen-bond acceptors (Lipinski definition) is 8. The first kappa shape index (κ1) is 15.4. The monoisotopic (exact) mass is 309 g/mol. The van der Waals surface area contributed by atoms with Gasteiger partial charge in [0.2, 0.25) is 6.79 Å². The van der Waals surface area contributed by atoms with E-state index in [4.69, 9.17) is 31.0 Å². The minimum absolute atomic E-state index is 0.0361. The van der Waals surface area contributed by atoms with Gasteiger partial charge in [0.15, 0.2) is 17.1 Å². The lowest BCUT2D eigenvalue weighted by Crippen LogP contribution is -2.04. The number of rotatable bonds is 3. The SMILES string of the molecule is N#CC(=Cc1cc2c(cc1[N+](=O)[O-])OCO2)C(N)=C(C#N)C#N. The van der Waals surface area contributed by atoms with Crippen LogP contribution in [0.4, 0.5) is 5.69 Å². The average Bonchev–Trinajstić information content (AvgIpc) is 2.99. The zero-order valence-electron chi connectivity index (χ0n) is 11.4. The predicted octanol–water partition coefficient (Wildman–Crippen LogP) is 1.49. The third-order valence-corrected chi connectivity index (χ3v) is 2.92. The van der Waals surface area contributed by atoms with Gasteiger partial charge in [0.1, 0.15) is 18.2 Å². The Morgan fingerprint density at radius 3 is 2.35 bits per heavy atom. The van der Waals surface area contributed by atoms with Crippen LogP contribution in [-0.2, 0) is 0 Å². The molecule has 0 amide bonds. The molecule has 0 saturated heterocycles. The summed E-state index contributed by atoms with van der Waals surface area (Å²) in [4.78, 5) is 10.5. The highest BCUT2D eigenvalue weighted by Crippen LogP contribution is 2.38. The van der Waals surface area contributed by atoms with E-state index in [1.165, 1.54) is 12.1 Å². The molecule has 2 N–H and O–H groups in total. The van der Waals surface area contributed by atoms with Crippen LogP contribution in [0.5, 0.6) is 11.5 Å². The molecule has 0 fully saturated rings. The lowest BCUT2D eigenvalue weighted by Gasteiger charge is -2.03. The number of nitrogens with two attached hydrogens (primary N) is 1. The topological polar surface area (TPSA) is 159 Å². The van der Waals surface area contributed by atoms with Crippen LogP contribution in [0, 0.1) is 44.1 Å². The summed E-state index contributed by atoms with van der Waals surface area (Å²) in [5, 5.41) is 37.9. The summed E-state index contributed by atoms with van der Waals surface area (Å²) in [6.07, 6.45) is 1.12. The Balaban J connectivity index is 2.64. The average molecular weight is 309 g/mol. The van der Waals surface area contributed by atoms with E-state index in [2.05, 4.69) is 0 Å². The predicted molar refractivity (Wildman–Crippen MR) is 75.2 cm³/mol. The van der Waals surface area contributed by atoms with E-state index in [1.54, 1.807) is 18.2 Å². The number of hydrogen-bond donors (Lipinski definition) is 1. The molecule has 0 spiro atoms. The summed E-state index contributed by atoms with van der Waals surface area (Å²) in [7, 11) is 0. The Kier molecular flexibility index (Phi) is 4.12.